The first-order valence-corrected chi connectivity index (χ1v) is 7.05. The van der Waals surface area contributed by atoms with Crippen LogP contribution >= 0.6 is 0 Å². The minimum Gasteiger partial charge on any atom is -0.398 e. The average Bonchev–Trinajstić information content (AvgIpc) is 2.20. The summed E-state index contributed by atoms with van der Waals surface area (Å²) in [6.07, 6.45) is 0. The first-order valence-electron chi connectivity index (χ1n) is 5.57. The van der Waals surface area contributed by atoms with Crippen LogP contribution in [-0.2, 0) is 14.8 Å². The molecular formula is C12H20N2O3S. The molecule has 102 valence electrons. The highest BCUT2D eigenvalue weighted by Crippen LogP contribution is 2.18. The molecule has 0 amide bonds. The summed E-state index contributed by atoms with van der Waals surface area (Å²) in [5.74, 6) is 0. The average molecular weight is 272 g/mol. The number of nitrogen functional groups attached to an aromatic ring is 1. The van der Waals surface area contributed by atoms with Crippen LogP contribution in [0.1, 0.15) is 19.4 Å². The Bertz CT molecular complexity index is 524. The number of benzene rings is 1. The lowest BCUT2D eigenvalue weighted by Crippen LogP contribution is -2.46. The molecule has 6 heteroatoms. The van der Waals surface area contributed by atoms with Crippen LogP contribution in [0.4, 0.5) is 5.69 Å². The van der Waals surface area contributed by atoms with Gasteiger partial charge in [-0.3, -0.25) is 0 Å². The predicted octanol–water partition coefficient (Wildman–Crippen LogP) is 1.28. The molecule has 0 aliphatic carbocycles. The van der Waals surface area contributed by atoms with E-state index in [2.05, 4.69) is 4.72 Å². The molecule has 18 heavy (non-hydrogen) atoms. The molecule has 0 fully saturated rings. The first-order chi connectivity index (χ1) is 8.18. The zero-order valence-electron chi connectivity index (χ0n) is 11.1. The Morgan fingerprint density at radius 2 is 2.00 bits per heavy atom. The summed E-state index contributed by atoms with van der Waals surface area (Å²) in [5.41, 5.74) is 6.36. The van der Waals surface area contributed by atoms with Crippen LogP contribution in [-0.4, -0.2) is 27.7 Å². The Balaban J connectivity index is 3.03. The number of nitrogens with two attached hydrogens (primary N) is 1. The molecule has 0 aliphatic rings. The Kier molecular flexibility index (Phi) is 4.37. The Hall–Kier alpha value is -1.11. The first kappa shape index (κ1) is 14.9. The van der Waals surface area contributed by atoms with Crippen LogP contribution in [0.3, 0.4) is 0 Å². The van der Waals surface area contributed by atoms with Crippen molar-refractivity contribution in [3.63, 3.8) is 0 Å². The van der Waals surface area contributed by atoms with Gasteiger partial charge in [-0.25, -0.2) is 13.1 Å². The normalized spacial score (nSPS) is 12.7. The van der Waals surface area contributed by atoms with Crippen LogP contribution in [0.2, 0.25) is 0 Å². The van der Waals surface area contributed by atoms with Crippen molar-refractivity contribution in [2.24, 2.45) is 0 Å². The van der Waals surface area contributed by atoms with E-state index in [-0.39, 0.29) is 11.5 Å². The number of aryl methyl sites for hydroxylation is 1. The maximum Gasteiger partial charge on any atom is 0.241 e. The second-order valence-electron chi connectivity index (χ2n) is 4.94. The minimum atomic E-state index is -3.59. The van der Waals surface area contributed by atoms with E-state index in [4.69, 9.17) is 10.5 Å². The van der Waals surface area contributed by atoms with Gasteiger partial charge in [0.2, 0.25) is 10.0 Å². The molecule has 0 bridgehead atoms. The Morgan fingerprint density at radius 3 is 2.50 bits per heavy atom. The van der Waals surface area contributed by atoms with Crippen molar-refractivity contribution in [1.29, 1.82) is 0 Å². The summed E-state index contributed by atoms with van der Waals surface area (Å²) in [7, 11) is -2.06. The minimum absolute atomic E-state index is 0.162. The fourth-order valence-electron chi connectivity index (χ4n) is 1.60. The van der Waals surface area contributed by atoms with Crippen LogP contribution in [0.15, 0.2) is 23.1 Å². The number of hydrogen-bond acceptors (Lipinski definition) is 4. The number of anilines is 1. The fourth-order valence-corrected chi connectivity index (χ4v) is 3.03. The van der Waals surface area contributed by atoms with Crippen molar-refractivity contribution in [3.05, 3.63) is 23.8 Å². The number of ether oxygens (including phenoxy) is 1. The van der Waals surface area contributed by atoms with Crippen molar-refractivity contribution in [2.45, 2.75) is 31.2 Å². The number of methoxy groups -OCH3 is 1. The van der Waals surface area contributed by atoms with E-state index < -0.39 is 15.6 Å². The van der Waals surface area contributed by atoms with E-state index in [1.54, 1.807) is 19.9 Å². The molecule has 0 radical (unpaired) electrons. The van der Waals surface area contributed by atoms with Gasteiger partial charge in [0.15, 0.2) is 0 Å². The third-order valence-corrected chi connectivity index (χ3v) is 4.17. The molecule has 3 N–H and O–H groups in total. The van der Waals surface area contributed by atoms with Crippen molar-refractivity contribution < 1.29 is 13.2 Å². The standard InChI is InChI=1S/C12H20N2O3S/c1-9-5-6-10(7-11(9)13)18(15,16)14-12(2,3)8-17-4/h5-7,14H,8,13H2,1-4H3. The summed E-state index contributed by atoms with van der Waals surface area (Å²) in [5, 5.41) is 0. The van der Waals surface area contributed by atoms with Gasteiger partial charge in [0.25, 0.3) is 0 Å². The van der Waals surface area contributed by atoms with E-state index in [0.717, 1.165) is 5.56 Å². The lowest BCUT2D eigenvalue weighted by molar-refractivity contribution is 0.141. The summed E-state index contributed by atoms with van der Waals surface area (Å²) in [4.78, 5) is 0.162. The van der Waals surface area contributed by atoms with E-state index >= 15 is 0 Å². The zero-order valence-corrected chi connectivity index (χ0v) is 12.0. The van der Waals surface area contributed by atoms with Crippen molar-refractivity contribution in [1.82, 2.24) is 4.72 Å². The highest BCUT2D eigenvalue weighted by Gasteiger charge is 2.26. The van der Waals surface area contributed by atoms with Crippen molar-refractivity contribution >= 4 is 15.7 Å². The summed E-state index contributed by atoms with van der Waals surface area (Å²) < 4.78 is 31.9. The lowest BCUT2D eigenvalue weighted by Gasteiger charge is -2.25. The van der Waals surface area contributed by atoms with Gasteiger partial charge in [-0.05, 0) is 38.5 Å². The highest BCUT2D eigenvalue weighted by atomic mass is 32.2. The van der Waals surface area contributed by atoms with Gasteiger partial charge in [-0.1, -0.05) is 6.07 Å². The molecule has 0 saturated carbocycles. The SMILES string of the molecule is COCC(C)(C)NS(=O)(=O)c1ccc(C)c(N)c1. The molecule has 0 unspecified atom stereocenters. The van der Waals surface area contributed by atoms with Gasteiger partial charge >= 0.3 is 0 Å². The smallest absolute Gasteiger partial charge is 0.241 e. The van der Waals surface area contributed by atoms with E-state index in [0.29, 0.717) is 5.69 Å². The molecule has 0 heterocycles. The van der Waals surface area contributed by atoms with Crippen LogP contribution in [0.25, 0.3) is 0 Å². The predicted molar refractivity (Wildman–Crippen MR) is 71.9 cm³/mol. The molecule has 0 saturated heterocycles. The highest BCUT2D eigenvalue weighted by molar-refractivity contribution is 7.89. The van der Waals surface area contributed by atoms with Crippen LogP contribution in [0, 0.1) is 6.92 Å². The quantitative estimate of drug-likeness (QED) is 0.791. The van der Waals surface area contributed by atoms with Crippen molar-refractivity contribution in [2.75, 3.05) is 19.5 Å². The fraction of sp³-hybridized carbons (Fsp3) is 0.500. The monoisotopic (exact) mass is 272 g/mol. The summed E-state index contributed by atoms with van der Waals surface area (Å²) >= 11 is 0. The van der Waals surface area contributed by atoms with Gasteiger partial charge in [-0.15, -0.1) is 0 Å². The summed E-state index contributed by atoms with van der Waals surface area (Å²) in [6.45, 7) is 5.62. The molecule has 5 nitrogen and oxygen atoms in total. The third-order valence-electron chi connectivity index (χ3n) is 2.48. The topological polar surface area (TPSA) is 81.4 Å². The van der Waals surface area contributed by atoms with Gasteiger partial charge < -0.3 is 10.5 Å². The molecular weight excluding hydrogens is 252 g/mol. The second-order valence-corrected chi connectivity index (χ2v) is 6.62. The van der Waals surface area contributed by atoms with Crippen LogP contribution < -0.4 is 10.5 Å². The number of rotatable bonds is 5. The molecule has 0 aromatic heterocycles. The van der Waals surface area contributed by atoms with Gasteiger partial charge in [0.05, 0.1) is 17.0 Å². The number of hydrogen-bond donors (Lipinski definition) is 2. The van der Waals surface area contributed by atoms with Gasteiger partial charge in [0.1, 0.15) is 0 Å². The largest absolute Gasteiger partial charge is 0.398 e. The van der Waals surface area contributed by atoms with Crippen molar-refractivity contribution in [3.8, 4) is 0 Å². The maximum absolute atomic E-state index is 12.2. The molecule has 0 spiro atoms. The zero-order chi connectivity index (χ0) is 14.0. The Morgan fingerprint density at radius 1 is 1.39 bits per heavy atom. The maximum atomic E-state index is 12.2. The molecule has 1 aromatic rings. The van der Waals surface area contributed by atoms with E-state index in [1.165, 1.54) is 19.2 Å². The second kappa shape index (κ2) is 5.26. The lowest BCUT2D eigenvalue weighted by atomic mass is 10.1. The van der Waals surface area contributed by atoms with E-state index in [9.17, 15) is 8.42 Å². The summed E-state index contributed by atoms with van der Waals surface area (Å²) in [6, 6.07) is 4.69. The van der Waals surface area contributed by atoms with E-state index in [1.807, 2.05) is 6.92 Å². The molecule has 0 atom stereocenters. The molecule has 1 rings (SSSR count). The number of nitrogens with one attached hydrogen (secondary N) is 1. The molecule has 0 aliphatic heterocycles. The third kappa shape index (κ3) is 3.69. The molecule has 1 aromatic carbocycles. The van der Waals surface area contributed by atoms with Crippen LogP contribution in [0.5, 0.6) is 0 Å². The van der Waals surface area contributed by atoms with Gasteiger partial charge in [-0.2, -0.15) is 0 Å². The Labute approximate surface area is 108 Å². The number of sulfonamides is 1. The van der Waals surface area contributed by atoms with Gasteiger partial charge in [0, 0.05) is 12.8 Å².